The van der Waals surface area contributed by atoms with Gasteiger partial charge in [0.15, 0.2) is 0 Å². The van der Waals surface area contributed by atoms with E-state index in [0.29, 0.717) is 0 Å². The first kappa shape index (κ1) is 13.7. The van der Waals surface area contributed by atoms with Crippen LogP contribution in [0.4, 0.5) is 5.82 Å². The van der Waals surface area contributed by atoms with Gasteiger partial charge in [0.1, 0.15) is 5.82 Å². The van der Waals surface area contributed by atoms with E-state index in [2.05, 4.69) is 29.6 Å². The highest BCUT2D eigenvalue weighted by atomic mass is 32.2. The average molecular weight is 288 g/mol. The van der Waals surface area contributed by atoms with Crippen LogP contribution in [0.5, 0.6) is 0 Å². The fourth-order valence-electron chi connectivity index (χ4n) is 2.54. The lowest BCUT2D eigenvalue weighted by Gasteiger charge is -2.22. The Morgan fingerprint density at radius 1 is 1.30 bits per heavy atom. The van der Waals surface area contributed by atoms with Crippen molar-refractivity contribution in [1.82, 2.24) is 4.98 Å². The largest absolute Gasteiger partial charge is 0.381 e. The second-order valence-electron chi connectivity index (χ2n) is 5.06. The highest BCUT2D eigenvalue weighted by Crippen LogP contribution is 2.29. The molecule has 0 bridgehead atoms. The first-order chi connectivity index (χ1) is 9.86. The predicted octanol–water partition coefficient (Wildman–Crippen LogP) is 3.69. The minimum absolute atomic E-state index is 0.722. The summed E-state index contributed by atoms with van der Waals surface area (Å²) in [6, 6.07) is 10.6. The molecule has 1 fully saturated rings. The van der Waals surface area contributed by atoms with E-state index in [4.69, 9.17) is 9.72 Å². The molecule has 106 valence electrons. The Kier molecular flexibility index (Phi) is 4.43. The third-order valence-corrected chi connectivity index (χ3v) is 5.10. The molecular formula is C16H20N2OS. The second-order valence-corrected chi connectivity index (χ2v) is 6.35. The molecule has 1 saturated heterocycles. The van der Waals surface area contributed by atoms with Gasteiger partial charge in [0, 0.05) is 42.2 Å². The third kappa shape index (κ3) is 3.07. The summed E-state index contributed by atoms with van der Waals surface area (Å²) in [5, 5.41) is 5.17. The molecule has 1 aliphatic heterocycles. The van der Waals surface area contributed by atoms with Gasteiger partial charge in [0.05, 0.1) is 5.52 Å². The Morgan fingerprint density at radius 2 is 2.10 bits per heavy atom. The quantitative estimate of drug-likeness (QED) is 0.930. The first-order valence-electron chi connectivity index (χ1n) is 7.12. The number of fused-ring (bicyclic) bond motifs is 1. The van der Waals surface area contributed by atoms with Crippen LogP contribution in [0.15, 0.2) is 30.3 Å². The number of thioether (sulfide) groups is 1. The summed E-state index contributed by atoms with van der Waals surface area (Å²) in [4.78, 5) is 4.71. The van der Waals surface area contributed by atoms with E-state index in [9.17, 15) is 0 Å². The lowest BCUT2D eigenvalue weighted by atomic mass is 10.1. The standard InChI is InChI=1S/C16H20N2OS/c1-17-16-13(11-20-14-6-8-19-9-7-14)10-12-4-2-3-5-15(12)18-16/h2-5,10,14H,6-9,11H2,1H3,(H,17,18). The van der Waals surface area contributed by atoms with Crippen molar-refractivity contribution in [1.29, 1.82) is 0 Å². The molecule has 1 aromatic carbocycles. The number of rotatable bonds is 4. The maximum atomic E-state index is 5.42. The number of pyridine rings is 1. The summed E-state index contributed by atoms with van der Waals surface area (Å²) < 4.78 is 5.42. The molecule has 2 aromatic rings. The molecular weight excluding hydrogens is 268 g/mol. The summed E-state index contributed by atoms with van der Waals surface area (Å²) in [5.74, 6) is 2.02. The number of nitrogens with one attached hydrogen (secondary N) is 1. The number of anilines is 1. The summed E-state index contributed by atoms with van der Waals surface area (Å²) in [6.07, 6.45) is 2.33. The highest BCUT2D eigenvalue weighted by molar-refractivity contribution is 7.99. The molecule has 1 N–H and O–H groups in total. The van der Waals surface area contributed by atoms with E-state index in [1.807, 2.05) is 24.9 Å². The van der Waals surface area contributed by atoms with Gasteiger partial charge < -0.3 is 10.1 Å². The van der Waals surface area contributed by atoms with Gasteiger partial charge in [0.25, 0.3) is 0 Å². The van der Waals surface area contributed by atoms with Gasteiger partial charge in [-0.1, -0.05) is 18.2 Å². The maximum absolute atomic E-state index is 5.42. The van der Waals surface area contributed by atoms with Crippen LogP contribution < -0.4 is 5.32 Å². The molecule has 0 radical (unpaired) electrons. The topological polar surface area (TPSA) is 34.2 Å². The molecule has 0 atom stereocenters. The Bertz CT molecular complexity index is 582. The monoisotopic (exact) mass is 288 g/mol. The summed E-state index contributed by atoms with van der Waals surface area (Å²) in [5.41, 5.74) is 2.35. The third-order valence-electron chi connectivity index (χ3n) is 3.68. The maximum Gasteiger partial charge on any atom is 0.130 e. The van der Waals surface area contributed by atoms with Crippen LogP contribution in [0.1, 0.15) is 18.4 Å². The first-order valence-corrected chi connectivity index (χ1v) is 8.17. The van der Waals surface area contributed by atoms with Gasteiger partial charge in [-0.05, 0) is 25.0 Å². The zero-order valence-corrected chi connectivity index (χ0v) is 12.6. The molecule has 1 aromatic heterocycles. The Morgan fingerprint density at radius 3 is 2.90 bits per heavy atom. The molecule has 0 aliphatic carbocycles. The summed E-state index contributed by atoms with van der Waals surface area (Å²) >= 11 is 2.03. The molecule has 3 rings (SSSR count). The predicted molar refractivity (Wildman–Crippen MR) is 86.4 cm³/mol. The van der Waals surface area contributed by atoms with Gasteiger partial charge in [-0.25, -0.2) is 4.98 Å². The molecule has 1 aliphatic rings. The normalized spacial score (nSPS) is 16.4. The summed E-state index contributed by atoms with van der Waals surface area (Å²) in [6.45, 7) is 1.82. The van der Waals surface area contributed by atoms with Crippen molar-refractivity contribution in [2.24, 2.45) is 0 Å². The van der Waals surface area contributed by atoms with Crippen molar-refractivity contribution in [2.75, 3.05) is 25.6 Å². The Hall–Kier alpha value is -1.26. The second kappa shape index (κ2) is 6.46. The van der Waals surface area contributed by atoms with Crippen LogP contribution in [-0.2, 0) is 10.5 Å². The van der Waals surface area contributed by atoms with Crippen LogP contribution in [0, 0.1) is 0 Å². The van der Waals surface area contributed by atoms with Crippen molar-refractivity contribution < 1.29 is 4.74 Å². The fraction of sp³-hybridized carbons (Fsp3) is 0.438. The SMILES string of the molecule is CNc1nc2ccccc2cc1CSC1CCOCC1. The molecule has 0 spiro atoms. The minimum Gasteiger partial charge on any atom is -0.381 e. The van der Waals surface area contributed by atoms with Gasteiger partial charge in [-0.15, -0.1) is 0 Å². The fourth-order valence-corrected chi connectivity index (χ4v) is 3.70. The van der Waals surface area contributed by atoms with Gasteiger partial charge in [0.2, 0.25) is 0 Å². The van der Waals surface area contributed by atoms with E-state index in [0.717, 1.165) is 35.6 Å². The van der Waals surface area contributed by atoms with Crippen molar-refractivity contribution >= 4 is 28.5 Å². The zero-order chi connectivity index (χ0) is 13.8. The average Bonchev–Trinajstić information content (AvgIpc) is 2.53. The number of para-hydroxylation sites is 1. The van der Waals surface area contributed by atoms with Gasteiger partial charge in [-0.2, -0.15) is 11.8 Å². The minimum atomic E-state index is 0.722. The number of benzene rings is 1. The van der Waals surface area contributed by atoms with Crippen LogP contribution in [0.3, 0.4) is 0 Å². The van der Waals surface area contributed by atoms with E-state index in [1.54, 1.807) is 0 Å². The number of nitrogens with zero attached hydrogens (tertiary/aromatic N) is 1. The Balaban J connectivity index is 1.78. The highest BCUT2D eigenvalue weighted by Gasteiger charge is 2.15. The Labute approximate surface area is 124 Å². The number of ether oxygens (including phenoxy) is 1. The zero-order valence-electron chi connectivity index (χ0n) is 11.8. The molecule has 3 nitrogen and oxygen atoms in total. The van der Waals surface area contributed by atoms with E-state index < -0.39 is 0 Å². The van der Waals surface area contributed by atoms with Crippen molar-refractivity contribution in [3.8, 4) is 0 Å². The van der Waals surface area contributed by atoms with Crippen LogP contribution >= 0.6 is 11.8 Å². The van der Waals surface area contributed by atoms with Crippen LogP contribution in [0.2, 0.25) is 0 Å². The van der Waals surface area contributed by atoms with E-state index in [-0.39, 0.29) is 0 Å². The number of hydrogen-bond acceptors (Lipinski definition) is 4. The van der Waals surface area contributed by atoms with Crippen molar-refractivity contribution in [3.63, 3.8) is 0 Å². The van der Waals surface area contributed by atoms with Gasteiger partial charge >= 0.3 is 0 Å². The van der Waals surface area contributed by atoms with Crippen LogP contribution in [-0.4, -0.2) is 30.5 Å². The molecule has 0 unspecified atom stereocenters. The van der Waals surface area contributed by atoms with Crippen molar-refractivity contribution in [3.05, 3.63) is 35.9 Å². The lowest BCUT2D eigenvalue weighted by Crippen LogP contribution is -2.17. The molecule has 0 amide bonds. The van der Waals surface area contributed by atoms with Crippen LogP contribution in [0.25, 0.3) is 10.9 Å². The molecule has 2 heterocycles. The van der Waals surface area contributed by atoms with Gasteiger partial charge in [-0.3, -0.25) is 0 Å². The lowest BCUT2D eigenvalue weighted by molar-refractivity contribution is 0.1000. The van der Waals surface area contributed by atoms with E-state index in [1.165, 1.54) is 23.8 Å². The number of hydrogen-bond donors (Lipinski definition) is 1. The number of aromatic nitrogens is 1. The molecule has 20 heavy (non-hydrogen) atoms. The molecule has 4 heteroatoms. The summed E-state index contributed by atoms with van der Waals surface area (Å²) in [7, 11) is 1.94. The molecule has 0 saturated carbocycles. The van der Waals surface area contributed by atoms with Crippen molar-refractivity contribution in [2.45, 2.75) is 23.8 Å². The smallest absolute Gasteiger partial charge is 0.130 e. The van der Waals surface area contributed by atoms with E-state index >= 15 is 0 Å².